The van der Waals surface area contributed by atoms with Gasteiger partial charge in [0, 0.05) is 36.7 Å². The number of hydrogen-bond acceptors (Lipinski definition) is 10. The Morgan fingerprint density at radius 3 is 2.28 bits per heavy atom. The van der Waals surface area contributed by atoms with Gasteiger partial charge in [-0.1, -0.05) is 36.4 Å². The third kappa shape index (κ3) is 4.69. The number of hydrogen-bond donors (Lipinski definition) is 7. The number of likely N-dealkylation sites (N-methyl/N-ethyl adjacent to an activating group) is 1. The molecule has 0 fully saturated rings. The van der Waals surface area contributed by atoms with Crippen molar-refractivity contribution in [1.82, 2.24) is 4.90 Å². The second-order valence-corrected chi connectivity index (χ2v) is 12.6. The number of ketones is 2. The third-order valence-corrected chi connectivity index (χ3v) is 9.47. The van der Waals surface area contributed by atoms with Crippen molar-refractivity contribution in [2.24, 2.45) is 17.6 Å². The molecule has 0 heterocycles. The first-order valence-corrected chi connectivity index (χ1v) is 14.9. The number of amides is 3. The van der Waals surface area contributed by atoms with Crippen molar-refractivity contribution in [3.05, 3.63) is 82.3 Å². The highest BCUT2D eigenvalue weighted by Crippen LogP contribution is 2.54. The lowest BCUT2D eigenvalue weighted by molar-refractivity contribution is -0.148. The van der Waals surface area contributed by atoms with Crippen LogP contribution in [0.2, 0.25) is 0 Å². The molecule has 0 saturated carbocycles. The molecule has 13 heteroatoms. The zero-order valence-corrected chi connectivity index (χ0v) is 26.2. The van der Waals surface area contributed by atoms with Crippen LogP contribution in [0, 0.1) is 11.8 Å². The van der Waals surface area contributed by atoms with Gasteiger partial charge in [-0.3, -0.25) is 19.3 Å². The Hall–Kier alpha value is -5.40. The zero-order chi connectivity index (χ0) is 34.1. The molecule has 0 saturated heterocycles. The average molecular weight is 642 g/mol. The number of aliphatic hydroxyl groups excluding tert-OH is 2. The topological polar surface area (TPSA) is 206 Å². The molecule has 0 aromatic heterocycles. The number of allylic oxidation sites excluding steroid dienone is 1. The lowest BCUT2D eigenvalue weighted by atomic mass is 9.58. The molecule has 47 heavy (non-hydrogen) atoms. The number of Topliss-reactive ketones (excluding diaryl/α,β-unsaturated/α-hetero) is 2. The number of nitrogens with zero attached hydrogens (tertiary/aromatic N) is 2. The number of aliphatic hydroxyl groups is 3. The average Bonchev–Trinajstić information content (AvgIpc) is 3.00. The normalized spacial score (nSPS) is 23.7. The van der Waals surface area contributed by atoms with Crippen LogP contribution >= 0.6 is 0 Å². The van der Waals surface area contributed by atoms with Gasteiger partial charge in [-0.05, 0) is 55.9 Å². The number of benzene rings is 3. The highest BCUT2D eigenvalue weighted by atomic mass is 16.3. The summed E-state index contributed by atoms with van der Waals surface area (Å²) in [6, 6.07) is 12.7. The molecule has 244 valence electrons. The number of rotatable bonds is 5. The van der Waals surface area contributed by atoms with Crippen LogP contribution < -0.4 is 21.3 Å². The Balaban J connectivity index is 1.43. The van der Waals surface area contributed by atoms with Gasteiger partial charge in [0.25, 0.3) is 5.91 Å². The number of primary amides is 1. The number of urea groups is 1. The van der Waals surface area contributed by atoms with Crippen LogP contribution in [0.5, 0.6) is 5.75 Å². The minimum absolute atomic E-state index is 0.0349. The number of nitrogens with one attached hydrogen (secondary N) is 2. The van der Waals surface area contributed by atoms with Crippen LogP contribution in [0.4, 0.5) is 21.9 Å². The molecule has 3 aromatic carbocycles. The summed E-state index contributed by atoms with van der Waals surface area (Å²) in [5.74, 6) is -7.48. The molecule has 0 aliphatic heterocycles. The highest BCUT2D eigenvalue weighted by molar-refractivity contribution is 6.25. The van der Waals surface area contributed by atoms with E-state index < -0.39 is 69.8 Å². The van der Waals surface area contributed by atoms with Crippen molar-refractivity contribution in [1.29, 1.82) is 0 Å². The molecule has 0 unspecified atom stereocenters. The quantitative estimate of drug-likeness (QED) is 0.160. The molecule has 0 bridgehead atoms. The van der Waals surface area contributed by atoms with Crippen LogP contribution in [0.15, 0.2) is 71.2 Å². The van der Waals surface area contributed by atoms with E-state index in [1.165, 1.54) is 11.0 Å². The van der Waals surface area contributed by atoms with Crippen molar-refractivity contribution in [2.75, 3.05) is 43.7 Å². The van der Waals surface area contributed by atoms with Crippen molar-refractivity contribution < 1.29 is 39.6 Å². The maximum Gasteiger partial charge on any atom is 0.323 e. The van der Waals surface area contributed by atoms with Gasteiger partial charge in [0.1, 0.15) is 17.1 Å². The molecular formula is C34H35N5O8. The first kappa shape index (κ1) is 31.6. The molecule has 0 spiro atoms. The zero-order valence-electron chi connectivity index (χ0n) is 26.2. The number of nitrogens with two attached hydrogens (primary N) is 1. The number of carbonyl (C=O) groups is 4. The second kappa shape index (κ2) is 11.1. The fourth-order valence-corrected chi connectivity index (χ4v) is 7.40. The van der Waals surface area contributed by atoms with E-state index in [4.69, 9.17) is 5.73 Å². The van der Waals surface area contributed by atoms with Gasteiger partial charge in [-0.25, -0.2) is 4.79 Å². The molecule has 8 N–H and O–H groups in total. The van der Waals surface area contributed by atoms with Crippen molar-refractivity contribution in [3.8, 4) is 5.75 Å². The van der Waals surface area contributed by atoms with Crippen molar-refractivity contribution in [2.45, 2.75) is 24.5 Å². The van der Waals surface area contributed by atoms with Gasteiger partial charge in [-0.15, -0.1) is 0 Å². The van der Waals surface area contributed by atoms with E-state index in [0.29, 0.717) is 16.9 Å². The molecule has 4 atom stereocenters. The Kier molecular flexibility index (Phi) is 7.48. The molecular weight excluding hydrogens is 606 g/mol. The maximum atomic E-state index is 14.2. The van der Waals surface area contributed by atoms with E-state index in [0.717, 1.165) is 10.8 Å². The predicted molar refractivity (Wildman–Crippen MR) is 175 cm³/mol. The monoisotopic (exact) mass is 641 g/mol. The summed E-state index contributed by atoms with van der Waals surface area (Å²) in [7, 11) is 6.60. The molecule has 0 radical (unpaired) electrons. The SMILES string of the molecule is CN(C)c1cc(NC(=O)Nc2cccc3ccccc23)c(O)c2c1C[C@@H]1C[C@@H]3[C@@H](N(C)C)C(O)=C(C(N)=O)C(=O)[C@@]3(O)C(O)=C1C2=O. The summed E-state index contributed by atoms with van der Waals surface area (Å²) in [6.07, 6.45) is 0.0743. The number of phenolic OH excluding ortho intramolecular Hbond substituents is 1. The van der Waals surface area contributed by atoms with Crippen LogP contribution in [0.1, 0.15) is 22.3 Å². The summed E-state index contributed by atoms with van der Waals surface area (Å²) in [6.45, 7) is 0. The van der Waals surface area contributed by atoms with Crippen LogP contribution in [0.25, 0.3) is 10.8 Å². The lowest BCUT2D eigenvalue weighted by Crippen LogP contribution is -2.63. The lowest BCUT2D eigenvalue weighted by Gasteiger charge is -2.50. The van der Waals surface area contributed by atoms with E-state index >= 15 is 0 Å². The summed E-state index contributed by atoms with van der Waals surface area (Å²) < 4.78 is 0. The molecule has 3 aromatic rings. The minimum Gasteiger partial charge on any atom is -0.510 e. The number of phenols is 1. The Labute approximate surface area is 269 Å². The van der Waals surface area contributed by atoms with Gasteiger partial charge in [0.2, 0.25) is 5.78 Å². The van der Waals surface area contributed by atoms with Crippen LogP contribution in [-0.2, 0) is 16.0 Å². The summed E-state index contributed by atoms with van der Waals surface area (Å²) in [5.41, 5.74) is 2.66. The van der Waals surface area contributed by atoms with E-state index in [1.54, 1.807) is 45.2 Å². The molecule has 3 aliphatic rings. The molecule has 6 rings (SSSR count). The van der Waals surface area contributed by atoms with Crippen molar-refractivity contribution in [3.63, 3.8) is 0 Å². The van der Waals surface area contributed by atoms with Gasteiger partial charge in [0.15, 0.2) is 17.1 Å². The molecule has 3 amide bonds. The summed E-state index contributed by atoms with van der Waals surface area (Å²) in [5, 5.41) is 53.0. The molecule has 13 nitrogen and oxygen atoms in total. The largest absolute Gasteiger partial charge is 0.510 e. The fourth-order valence-electron chi connectivity index (χ4n) is 7.40. The Morgan fingerprint density at radius 1 is 0.957 bits per heavy atom. The van der Waals surface area contributed by atoms with Gasteiger partial charge in [0.05, 0.1) is 23.0 Å². The van der Waals surface area contributed by atoms with Gasteiger partial charge < -0.3 is 41.7 Å². The smallest absolute Gasteiger partial charge is 0.323 e. The Bertz CT molecular complexity index is 1960. The van der Waals surface area contributed by atoms with E-state index in [9.17, 15) is 39.6 Å². The second-order valence-electron chi connectivity index (χ2n) is 12.6. The van der Waals surface area contributed by atoms with E-state index in [1.807, 2.05) is 30.3 Å². The first-order chi connectivity index (χ1) is 22.2. The fraction of sp³-hybridized carbons (Fsp3) is 0.294. The number of anilines is 3. The molecule has 3 aliphatic carbocycles. The minimum atomic E-state index is -2.75. The number of aromatic hydroxyl groups is 1. The summed E-state index contributed by atoms with van der Waals surface area (Å²) in [4.78, 5) is 56.4. The Morgan fingerprint density at radius 2 is 1.62 bits per heavy atom. The number of carbonyl (C=O) groups excluding carboxylic acids is 4. The van der Waals surface area contributed by atoms with Crippen molar-refractivity contribution >= 4 is 51.3 Å². The third-order valence-electron chi connectivity index (χ3n) is 9.47. The standard InChI is InChI=1S/C34H35N5O8/c1-38(2)22-14-21(37-33(46)36-20-11-7-9-15-8-5-6-10-17(15)20)27(40)24-18(22)12-16-13-19-26(39(3)4)29(42)25(32(35)45)31(44)34(19,47)30(43)23(16)28(24)41/h5-11,14,16,19,26,40,42-43,47H,12-13H2,1-4H3,(H2,35,45)(H2,36,37,46)/t16-,19-,26-,34+/m1/s1. The predicted octanol–water partition coefficient (Wildman–Crippen LogP) is 2.98. The van der Waals surface area contributed by atoms with Gasteiger partial charge >= 0.3 is 6.03 Å². The summed E-state index contributed by atoms with van der Waals surface area (Å²) >= 11 is 0. The van der Waals surface area contributed by atoms with E-state index in [2.05, 4.69) is 10.6 Å². The van der Waals surface area contributed by atoms with Gasteiger partial charge in [-0.2, -0.15) is 0 Å². The maximum absolute atomic E-state index is 14.2. The van der Waals surface area contributed by atoms with Crippen LogP contribution in [0.3, 0.4) is 0 Å². The van der Waals surface area contributed by atoms with E-state index in [-0.39, 0.29) is 29.7 Å². The number of fused-ring (bicyclic) bond motifs is 4. The highest BCUT2D eigenvalue weighted by Gasteiger charge is 2.63. The van der Waals surface area contributed by atoms with Crippen LogP contribution in [-0.4, -0.2) is 88.7 Å². The first-order valence-electron chi connectivity index (χ1n) is 14.9.